The molecule has 0 amide bonds. The summed E-state index contributed by atoms with van der Waals surface area (Å²) in [4.78, 5) is 0. The molecule has 0 heterocycles. The molecule has 0 radical (unpaired) electrons. The van der Waals surface area contributed by atoms with Gasteiger partial charge in [0, 0.05) is 13.1 Å². The first-order chi connectivity index (χ1) is 8.39. The number of nitrogens with zero attached hydrogens (tertiary/aromatic N) is 1. The van der Waals surface area contributed by atoms with E-state index in [-0.39, 0.29) is 6.61 Å². The highest BCUT2D eigenvalue weighted by molar-refractivity contribution is 7.87. The van der Waals surface area contributed by atoms with Gasteiger partial charge in [0.2, 0.25) is 0 Å². The van der Waals surface area contributed by atoms with Crippen molar-refractivity contribution in [2.45, 2.75) is 52.0 Å². The lowest BCUT2D eigenvalue weighted by molar-refractivity contribution is 0.118. The van der Waals surface area contributed by atoms with Crippen molar-refractivity contribution in [3.8, 4) is 0 Å². The highest BCUT2D eigenvalue weighted by Crippen LogP contribution is 2.32. The van der Waals surface area contributed by atoms with Crippen molar-refractivity contribution in [3.63, 3.8) is 0 Å². The maximum absolute atomic E-state index is 12.2. The fourth-order valence-corrected chi connectivity index (χ4v) is 4.44. The molecule has 1 aliphatic carbocycles. The maximum Gasteiger partial charge on any atom is 0.280 e. The van der Waals surface area contributed by atoms with Gasteiger partial charge in [-0.05, 0) is 18.8 Å². The van der Waals surface area contributed by atoms with Crippen molar-refractivity contribution in [3.05, 3.63) is 0 Å². The Balaban J connectivity index is 2.85. The van der Waals surface area contributed by atoms with E-state index in [0.717, 1.165) is 12.8 Å². The summed E-state index contributed by atoms with van der Waals surface area (Å²) in [5, 5.41) is 9.60. The Morgan fingerprint density at radius 3 is 2.44 bits per heavy atom. The average molecular weight is 278 g/mol. The fraction of sp³-hybridized carbons (Fsp3) is 1.00. The summed E-state index contributed by atoms with van der Waals surface area (Å²) in [5.41, 5.74) is -0.668. The molecule has 2 N–H and O–H groups in total. The van der Waals surface area contributed by atoms with Crippen LogP contribution in [0.3, 0.4) is 0 Å². The maximum atomic E-state index is 12.2. The summed E-state index contributed by atoms with van der Waals surface area (Å²) < 4.78 is 28.6. The van der Waals surface area contributed by atoms with E-state index in [1.165, 1.54) is 4.31 Å². The van der Waals surface area contributed by atoms with E-state index in [1.54, 1.807) is 0 Å². The lowest BCUT2D eigenvalue weighted by atomic mass is 9.78. The molecule has 1 rings (SSSR count). The second kappa shape index (κ2) is 6.32. The van der Waals surface area contributed by atoms with Crippen LogP contribution in [0.4, 0.5) is 0 Å². The first kappa shape index (κ1) is 15.9. The van der Waals surface area contributed by atoms with E-state index in [0.29, 0.717) is 31.8 Å². The zero-order valence-corrected chi connectivity index (χ0v) is 12.5. The second-order valence-corrected chi connectivity index (χ2v) is 7.00. The van der Waals surface area contributed by atoms with E-state index in [2.05, 4.69) is 11.6 Å². The highest BCUT2D eigenvalue weighted by atomic mass is 32.2. The van der Waals surface area contributed by atoms with Gasteiger partial charge in [0.1, 0.15) is 0 Å². The van der Waals surface area contributed by atoms with Gasteiger partial charge in [-0.3, -0.25) is 0 Å². The molecule has 6 heteroatoms. The molecule has 0 spiro atoms. The standard InChI is InChI=1S/C12H26N2O3S/c1-4-14(5-2)18(16,17)13-12(10-15)8-6-7-11(3)9-12/h11,13,15H,4-10H2,1-3H3. The van der Waals surface area contributed by atoms with Crippen molar-refractivity contribution in [1.82, 2.24) is 9.03 Å². The minimum Gasteiger partial charge on any atom is -0.394 e. The van der Waals surface area contributed by atoms with Crippen molar-refractivity contribution in [1.29, 1.82) is 0 Å². The van der Waals surface area contributed by atoms with Crippen LogP contribution >= 0.6 is 0 Å². The first-order valence-electron chi connectivity index (χ1n) is 6.79. The van der Waals surface area contributed by atoms with Crippen LogP contribution in [-0.4, -0.2) is 43.1 Å². The monoisotopic (exact) mass is 278 g/mol. The Morgan fingerprint density at radius 1 is 1.39 bits per heavy atom. The highest BCUT2D eigenvalue weighted by Gasteiger charge is 2.39. The number of aliphatic hydroxyl groups is 1. The molecule has 0 aliphatic heterocycles. The van der Waals surface area contributed by atoms with Crippen LogP contribution in [0.2, 0.25) is 0 Å². The lowest BCUT2D eigenvalue weighted by Gasteiger charge is -2.40. The summed E-state index contributed by atoms with van der Waals surface area (Å²) in [6.45, 7) is 6.51. The molecule has 2 unspecified atom stereocenters. The van der Waals surface area contributed by atoms with Gasteiger partial charge in [-0.25, -0.2) is 0 Å². The first-order valence-corrected chi connectivity index (χ1v) is 8.23. The Kier molecular flexibility index (Phi) is 5.58. The molecule has 0 bridgehead atoms. The third kappa shape index (κ3) is 3.66. The quantitative estimate of drug-likeness (QED) is 0.764. The zero-order chi connectivity index (χ0) is 13.8. The molecule has 1 saturated carbocycles. The third-order valence-corrected chi connectivity index (χ3v) is 5.67. The summed E-state index contributed by atoms with van der Waals surface area (Å²) >= 11 is 0. The van der Waals surface area contributed by atoms with Crippen molar-refractivity contribution >= 4 is 10.2 Å². The minimum atomic E-state index is -3.49. The SMILES string of the molecule is CCN(CC)S(=O)(=O)NC1(CO)CCCC(C)C1. The summed E-state index contributed by atoms with van der Waals surface area (Å²) in [7, 11) is -3.49. The summed E-state index contributed by atoms with van der Waals surface area (Å²) in [5.74, 6) is 0.449. The van der Waals surface area contributed by atoms with Gasteiger partial charge in [0.15, 0.2) is 0 Å². The largest absolute Gasteiger partial charge is 0.394 e. The molecule has 18 heavy (non-hydrogen) atoms. The van der Waals surface area contributed by atoms with Crippen LogP contribution in [0.1, 0.15) is 46.5 Å². The second-order valence-electron chi connectivity index (χ2n) is 5.33. The molecule has 1 aliphatic rings. The number of hydrogen-bond donors (Lipinski definition) is 2. The van der Waals surface area contributed by atoms with Gasteiger partial charge in [0.25, 0.3) is 10.2 Å². The van der Waals surface area contributed by atoms with Gasteiger partial charge in [-0.15, -0.1) is 0 Å². The van der Waals surface area contributed by atoms with E-state index >= 15 is 0 Å². The van der Waals surface area contributed by atoms with Crippen molar-refractivity contribution < 1.29 is 13.5 Å². The minimum absolute atomic E-state index is 0.127. The normalized spacial score (nSPS) is 29.7. The fourth-order valence-electron chi connectivity index (χ4n) is 2.83. The predicted octanol–water partition coefficient (Wildman–Crippen LogP) is 1.10. The van der Waals surface area contributed by atoms with Gasteiger partial charge in [-0.2, -0.15) is 17.4 Å². The number of hydrogen-bond acceptors (Lipinski definition) is 3. The van der Waals surface area contributed by atoms with E-state index in [4.69, 9.17) is 0 Å². The molecule has 0 aromatic carbocycles. The van der Waals surface area contributed by atoms with Gasteiger partial charge >= 0.3 is 0 Å². The Labute approximate surface area is 111 Å². The summed E-state index contributed by atoms with van der Waals surface area (Å²) in [6, 6.07) is 0. The van der Waals surface area contributed by atoms with Gasteiger partial charge in [-0.1, -0.05) is 33.6 Å². The average Bonchev–Trinajstić information content (AvgIpc) is 2.29. The Bertz CT molecular complexity index is 354. The topological polar surface area (TPSA) is 69.6 Å². The van der Waals surface area contributed by atoms with Crippen LogP contribution in [0, 0.1) is 5.92 Å². The molecule has 0 aromatic rings. The van der Waals surface area contributed by atoms with Crippen LogP contribution in [0.25, 0.3) is 0 Å². The van der Waals surface area contributed by atoms with E-state index < -0.39 is 15.7 Å². The van der Waals surface area contributed by atoms with E-state index in [9.17, 15) is 13.5 Å². The van der Waals surface area contributed by atoms with Gasteiger partial charge in [0.05, 0.1) is 12.1 Å². The van der Waals surface area contributed by atoms with Crippen LogP contribution in [-0.2, 0) is 10.2 Å². The predicted molar refractivity (Wildman–Crippen MR) is 72.4 cm³/mol. The van der Waals surface area contributed by atoms with Crippen LogP contribution in [0.5, 0.6) is 0 Å². The molecular formula is C12H26N2O3S. The number of nitrogens with one attached hydrogen (secondary N) is 1. The molecule has 1 fully saturated rings. The molecule has 0 saturated heterocycles. The van der Waals surface area contributed by atoms with Crippen molar-refractivity contribution in [2.24, 2.45) is 5.92 Å². The summed E-state index contributed by atoms with van der Waals surface area (Å²) in [6.07, 6.45) is 3.50. The van der Waals surface area contributed by atoms with Gasteiger partial charge < -0.3 is 5.11 Å². The third-order valence-electron chi connectivity index (χ3n) is 3.78. The number of rotatable bonds is 6. The zero-order valence-electron chi connectivity index (χ0n) is 11.6. The van der Waals surface area contributed by atoms with E-state index in [1.807, 2.05) is 13.8 Å². The molecule has 0 aromatic heterocycles. The Morgan fingerprint density at radius 2 is 2.00 bits per heavy atom. The van der Waals surface area contributed by atoms with Crippen LogP contribution in [0.15, 0.2) is 0 Å². The number of aliphatic hydroxyl groups excluding tert-OH is 1. The molecule has 108 valence electrons. The van der Waals surface area contributed by atoms with Crippen LogP contribution < -0.4 is 4.72 Å². The molecule has 5 nitrogen and oxygen atoms in total. The van der Waals surface area contributed by atoms with Crippen molar-refractivity contribution in [2.75, 3.05) is 19.7 Å². The smallest absolute Gasteiger partial charge is 0.280 e. The Hall–Kier alpha value is -0.170. The molecular weight excluding hydrogens is 252 g/mol. The molecule has 2 atom stereocenters. The lowest BCUT2D eigenvalue weighted by Crippen LogP contribution is -2.57.